The molecule has 170 valence electrons. The van der Waals surface area contributed by atoms with Gasteiger partial charge in [-0.25, -0.2) is 9.97 Å². The molecule has 1 saturated carbocycles. The second-order valence-electron chi connectivity index (χ2n) is 9.65. The van der Waals surface area contributed by atoms with Gasteiger partial charge in [0.2, 0.25) is 0 Å². The van der Waals surface area contributed by atoms with Gasteiger partial charge in [-0.3, -0.25) is 0 Å². The van der Waals surface area contributed by atoms with Gasteiger partial charge in [-0.05, 0) is 55.5 Å². The Morgan fingerprint density at radius 2 is 1.97 bits per heavy atom. The summed E-state index contributed by atoms with van der Waals surface area (Å²) < 4.78 is 15.1. The van der Waals surface area contributed by atoms with E-state index in [1.54, 1.807) is 0 Å². The fourth-order valence-corrected chi connectivity index (χ4v) is 6.03. The van der Waals surface area contributed by atoms with E-state index in [9.17, 15) is 5.11 Å². The topological polar surface area (TPSA) is 69.4 Å². The minimum atomic E-state index is -0.690. The van der Waals surface area contributed by atoms with E-state index in [0.29, 0.717) is 10.2 Å². The van der Waals surface area contributed by atoms with E-state index < -0.39 is 5.79 Å². The average Bonchev–Trinajstić information content (AvgIpc) is 3.39. The number of nitrogens with zero attached hydrogens (tertiary/aromatic N) is 3. The Kier molecular flexibility index (Phi) is 5.30. The van der Waals surface area contributed by atoms with Gasteiger partial charge in [-0.1, -0.05) is 43.1 Å². The fourth-order valence-electron chi connectivity index (χ4n) is 5.64. The highest BCUT2D eigenvalue weighted by molar-refractivity contribution is 6.33. The molecule has 1 aromatic carbocycles. The van der Waals surface area contributed by atoms with E-state index in [2.05, 4.69) is 28.4 Å². The van der Waals surface area contributed by atoms with Gasteiger partial charge in [0.05, 0.1) is 24.1 Å². The van der Waals surface area contributed by atoms with Gasteiger partial charge in [0, 0.05) is 16.6 Å². The quantitative estimate of drug-likeness (QED) is 0.504. The van der Waals surface area contributed by atoms with E-state index in [1.807, 2.05) is 44.3 Å². The SMILES string of the molecule is C[C@H](c1ccc(Cl)cc1CO)[C@@]1(C)C[C@@H](n2ccc3c(Cl)ncnc32)[C@@H]2OC(C)(C)O[C@@H]21. The molecular formula is C24H27Cl2N3O3. The highest BCUT2D eigenvalue weighted by Crippen LogP contribution is 2.59. The third-order valence-electron chi connectivity index (χ3n) is 7.36. The van der Waals surface area contributed by atoms with Crippen molar-refractivity contribution in [3.63, 3.8) is 0 Å². The number of rotatable bonds is 4. The number of halogens is 2. The van der Waals surface area contributed by atoms with Crippen LogP contribution in [0.2, 0.25) is 10.2 Å². The van der Waals surface area contributed by atoms with Crippen molar-refractivity contribution in [2.75, 3.05) is 0 Å². The zero-order valence-corrected chi connectivity index (χ0v) is 20.1. The van der Waals surface area contributed by atoms with Crippen LogP contribution >= 0.6 is 23.2 Å². The van der Waals surface area contributed by atoms with E-state index >= 15 is 0 Å². The Hall–Kier alpha value is -1.70. The summed E-state index contributed by atoms with van der Waals surface area (Å²) in [6.07, 6.45) is 4.05. The number of aliphatic hydroxyl groups is 1. The minimum absolute atomic E-state index is 0.0163. The van der Waals surface area contributed by atoms with Crippen LogP contribution in [0, 0.1) is 5.41 Å². The molecule has 0 spiro atoms. The lowest BCUT2D eigenvalue weighted by atomic mass is 9.70. The molecule has 1 saturated heterocycles. The summed E-state index contributed by atoms with van der Waals surface area (Å²) in [5.41, 5.74) is 2.46. The Labute approximate surface area is 197 Å². The zero-order valence-electron chi connectivity index (χ0n) is 18.5. The van der Waals surface area contributed by atoms with Crippen LogP contribution in [0.15, 0.2) is 36.8 Å². The first-order chi connectivity index (χ1) is 15.1. The van der Waals surface area contributed by atoms with Crippen molar-refractivity contribution in [2.24, 2.45) is 5.41 Å². The number of fused-ring (bicyclic) bond motifs is 2. The third-order valence-corrected chi connectivity index (χ3v) is 7.89. The second-order valence-corrected chi connectivity index (χ2v) is 10.4. The maximum Gasteiger partial charge on any atom is 0.163 e. The molecule has 1 aliphatic carbocycles. The van der Waals surface area contributed by atoms with Gasteiger partial charge in [-0.15, -0.1) is 0 Å². The van der Waals surface area contributed by atoms with Crippen molar-refractivity contribution in [3.05, 3.63) is 58.1 Å². The zero-order chi connectivity index (χ0) is 22.8. The molecule has 0 amide bonds. The van der Waals surface area contributed by atoms with Crippen molar-refractivity contribution in [1.29, 1.82) is 0 Å². The van der Waals surface area contributed by atoms with Crippen molar-refractivity contribution >= 4 is 34.2 Å². The predicted octanol–water partition coefficient (Wildman–Crippen LogP) is 5.51. The van der Waals surface area contributed by atoms with Crippen LogP contribution in [-0.4, -0.2) is 37.6 Å². The summed E-state index contributed by atoms with van der Waals surface area (Å²) in [7, 11) is 0. The monoisotopic (exact) mass is 475 g/mol. The van der Waals surface area contributed by atoms with Crippen molar-refractivity contribution in [2.45, 2.75) is 70.7 Å². The van der Waals surface area contributed by atoms with E-state index in [4.69, 9.17) is 32.7 Å². The summed E-state index contributed by atoms with van der Waals surface area (Å²) in [6, 6.07) is 7.71. The van der Waals surface area contributed by atoms with E-state index in [0.717, 1.165) is 28.6 Å². The van der Waals surface area contributed by atoms with Crippen LogP contribution in [0.1, 0.15) is 57.2 Å². The van der Waals surface area contributed by atoms with Crippen molar-refractivity contribution in [1.82, 2.24) is 14.5 Å². The maximum absolute atomic E-state index is 9.99. The number of aromatic nitrogens is 3. The Bertz CT molecular complexity index is 1180. The molecule has 8 heteroatoms. The third kappa shape index (κ3) is 3.35. The number of hydrogen-bond donors (Lipinski definition) is 1. The van der Waals surface area contributed by atoms with Gasteiger partial charge >= 0.3 is 0 Å². The molecule has 6 nitrogen and oxygen atoms in total. The van der Waals surface area contributed by atoms with Crippen LogP contribution in [0.25, 0.3) is 11.0 Å². The molecule has 3 heterocycles. The summed E-state index contributed by atoms with van der Waals surface area (Å²) in [4.78, 5) is 8.62. The number of aliphatic hydroxyl groups excluding tert-OH is 1. The molecule has 5 rings (SSSR count). The van der Waals surface area contributed by atoms with Gasteiger partial charge in [0.15, 0.2) is 5.79 Å². The number of benzene rings is 1. The first kappa shape index (κ1) is 22.1. The Morgan fingerprint density at radius 1 is 1.19 bits per heavy atom. The normalized spacial score (nSPS) is 30.0. The maximum atomic E-state index is 9.99. The second kappa shape index (κ2) is 7.67. The average molecular weight is 476 g/mol. The van der Waals surface area contributed by atoms with Crippen LogP contribution in [0.4, 0.5) is 0 Å². The van der Waals surface area contributed by atoms with Gasteiger partial charge in [-0.2, -0.15) is 0 Å². The van der Waals surface area contributed by atoms with Gasteiger partial charge in [0.25, 0.3) is 0 Å². The van der Waals surface area contributed by atoms with Crippen LogP contribution in [0.3, 0.4) is 0 Å². The predicted molar refractivity (Wildman–Crippen MR) is 124 cm³/mol. The lowest BCUT2D eigenvalue weighted by Crippen LogP contribution is -2.37. The molecule has 2 aliphatic rings. The van der Waals surface area contributed by atoms with Crippen molar-refractivity contribution in [3.8, 4) is 0 Å². The molecule has 0 radical (unpaired) electrons. The summed E-state index contributed by atoms with van der Waals surface area (Å²) in [5, 5.41) is 11.9. The lowest BCUT2D eigenvalue weighted by Gasteiger charge is -2.38. The largest absolute Gasteiger partial charge is 0.392 e. The molecular weight excluding hydrogens is 449 g/mol. The van der Waals surface area contributed by atoms with E-state index in [1.165, 1.54) is 6.33 Å². The molecule has 1 N–H and O–H groups in total. The van der Waals surface area contributed by atoms with Crippen LogP contribution < -0.4 is 0 Å². The highest BCUT2D eigenvalue weighted by Gasteiger charge is 2.61. The molecule has 3 aromatic rings. The van der Waals surface area contributed by atoms with E-state index in [-0.39, 0.29) is 36.2 Å². The van der Waals surface area contributed by atoms with Crippen LogP contribution in [0.5, 0.6) is 0 Å². The smallest absolute Gasteiger partial charge is 0.163 e. The first-order valence-electron chi connectivity index (χ1n) is 10.9. The summed E-state index contributed by atoms with van der Waals surface area (Å²) in [5.74, 6) is -0.596. The molecule has 2 fully saturated rings. The minimum Gasteiger partial charge on any atom is -0.392 e. The standard InChI is InChI=1S/C24H27Cl2N3O3/c1-13(16-6-5-15(25)9-14(16)11-30)24(4)10-18(19-20(24)32-23(2,3)31-19)29-8-7-17-21(26)27-12-28-22(17)29/h5-9,12-13,18-20,30H,10-11H2,1-4H3/t13-,18-,19+,20+,24-/m1/s1. The van der Waals surface area contributed by atoms with Crippen LogP contribution in [-0.2, 0) is 16.1 Å². The Balaban J connectivity index is 1.60. The molecule has 0 unspecified atom stereocenters. The number of ether oxygens (including phenoxy) is 2. The molecule has 1 aliphatic heterocycles. The number of hydrogen-bond acceptors (Lipinski definition) is 5. The van der Waals surface area contributed by atoms with Gasteiger partial charge < -0.3 is 19.1 Å². The fraction of sp³-hybridized carbons (Fsp3) is 0.500. The molecule has 32 heavy (non-hydrogen) atoms. The van der Waals surface area contributed by atoms with Gasteiger partial charge in [0.1, 0.15) is 23.2 Å². The molecule has 2 aromatic heterocycles. The lowest BCUT2D eigenvalue weighted by molar-refractivity contribution is -0.169. The first-order valence-corrected chi connectivity index (χ1v) is 11.6. The highest BCUT2D eigenvalue weighted by atomic mass is 35.5. The van der Waals surface area contributed by atoms with Crippen molar-refractivity contribution < 1.29 is 14.6 Å². The summed E-state index contributed by atoms with van der Waals surface area (Å²) in [6.45, 7) is 8.31. The Morgan fingerprint density at radius 3 is 2.72 bits per heavy atom. The summed E-state index contributed by atoms with van der Waals surface area (Å²) >= 11 is 12.5. The molecule has 5 atom stereocenters. The molecule has 0 bridgehead atoms.